The van der Waals surface area contributed by atoms with Crippen LogP contribution in [0.2, 0.25) is 5.02 Å². The Kier molecular flexibility index (Phi) is 5.12. The summed E-state index contributed by atoms with van der Waals surface area (Å²) >= 11 is 5.92. The average Bonchev–Trinajstić information content (AvgIpc) is 2.95. The van der Waals surface area contributed by atoms with Crippen LogP contribution in [-0.4, -0.2) is 46.3 Å². The number of H-pyrrole nitrogens is 1. The first-order valence-electron chi connectivity index (χ1n) is 6.27. The standard InChI is InChI=1S/C12H15ClFN5O2S/c1-18(6-9-10(13)4-3-5-11(9)14)22(20,21)19(2)7-12-15-8-16-17-12/h3-5,8H,6-7H2,1-2H3,(H,15,16,17). The van der Waals surface area contributed by atoms with Crippen molar-refractivity contribution < 1.29 is 12.8 Å². The van der Waals surface area contributed by atoms with Gasteiger partial charge in [-0.15, -0.1) is 0 Å². The van der Waals surface area contributed by atoms with Crippen LogP contribution in [0.5, 0.6) is 0 Å². The normalized spacial score (nSPS) is 12.3. The van der Waals surface area contributed by atoms with E-state index in [2.05, 4.69) is 15.2 Å². The topological polar surface area (TPSA) is 82.2 Å². The van der Waals surface area contributed by atoms with Crippen molar-refractivity contribution in [3.05, 3.63) is 46.8 Å². The molecule has 0 fully saturated rings. The summed E-state index contributed by atoms with van der Waals surface area (Å²) in [4.78, 5) is 3.87. The van der Waals surface area contributed by atoms with Crippen LogP contribution in [0.4, 0.5) is 4.39 Å². The largest absolute Gasteiger partial charge is 0.282 e. The number of benzene rings is 1. The van der Waals surface area contributed by atoms with Crippen molar-refractivity contribution in [3.63, 3.8) is 0 Å². The number of hydrogen-bond donors (Lipinski definition) is 1. The van der Waals surface area contributed by atoms with E-state index in [4.69, 9.17) is 11.6 Å². The Balaban J connectivity index is 2.15. The van der Waals surface area contributed by atoms with Crippen LogP contribution < -0.4 is 0 Å². The number of halogens is 2. The molecule has 0 spiro atoms. The smallest absolute Gasteiger partial charge is 0.262 e. The molecule has 1 aromatic carbocycles. The lowest BCUT2D eigenvalue weighted by molar-refractivity contribution is 0.379. The maximum Gasteiger partial charge on any atom is 0.282 e. The summed E-state index contributed by atoms with van der Waals surface area (Å²) in [5.41, 5.74) is 0.128. The molecule has 1 N–H and O–H groups in total. The number of aromatic nitrogens is 3. The molecule has 7 nitrogen and oxygen atoms in total. The molecule has 0 aliphatic heterocycles. The molecule has 0 bridgehead atoms. The quantitative estimate of drug-likeness (QED) is 0.856. The maximum atomic E-state index is 13.8. The van der Waals surface area contributed by atoms with Crippen LogP contribution >= 0.6 is 11.6 Å². The maximum absolute atomic E-state index is 13.8. The SMILES string of the molecule is CN(Cc1ncn[nH]1)S(=O)(=O)N(C)Cc1c(F)cccc1Cl. The van der Waals surface area contributed by atoms with E-state index in [0.29, 0.717) is 5.82 Å². The van der Waals surface area contributed by atoms with Crippen LogP contribution in [-0.2, 0) is 23.3 Å². The highest BCUT2D eigenvalue weighted by molar-refractivity contribution is 7.86. The predicted molar refractivity (Wildman–Crippen MR) is 79.6 cm³/mol. The molecule has 2 aromatic rings. The van der Waals surface area contributed by atoms with Gasteiger partial charge < -0.3 is 0 Å². The predicted octanol–water partition coefficient (Wildman–Crippen LogP) is 1.41. The fraction of sp³-hybridized carbons (Fsp3) is 0.333. The van der Waals surface area contributed by atoms with E-state index >= 15 is 0 Å². The van der Waals surface area contributed by atoms with Crippen molar-refractivity contribution in [3.8, 4) is 0 Å². The van der Waals surface area contributed by atoms with E-state index in [9.17, 15) is 12.8 Å². The van der Waals surface area contributed by atoms with Gasteiger partial charge in [0.05, 0.1) is 6.54 Å². The molecule has 2 rings (SSSR count). The molecular weight excluding hydrogens is 333 g/mol. The number of rotatable bonds is 6. The molecule has 22 heavy (non-hydrogen) atoms. The first-order valence-corrected chi connectivity index (χ1v) is 8.04. The molecule has 1 heterocycles. The zero-order chi connectivity index (χ0) is 16.3. The summed E-state index contributed by atoms with van der Waals surface area (Å²) in [5, 5.41) is 6.42. The van der Waals surface area contributed by atoms with Gasteiger partial charge in [0, 0.05) is 31.2 Å². The zero-order valence-electron chi connectivity index (χ0n) is 12.0. The van der Waals surface area contributed by atoms with Crippen molar-refractivity contribution in [2.45, 2.75) is 13.1 Å². The summed E-state index contributed by atoms with van der Waals surface area (Å²) in [7, 11) is -1.04. The van der Waals surface area contributed by atoms with Crippen molar-refractivity contribution in [1.29, 1.82) is 0 Å². The minimum absolute atomic E-state index is 0.0255. The summed E-state index contributed by atoms with van der Waals surface area (Å²) < 4.78 is 40.7. The second-order valence-electron chi connectivity index (χ2n) is 4.65. The number of aromatic amines is 1. The Morgan fingerprint density at radius 3 is 2.55 bits per heavy atom. The summed E-state index contributed by atoms with van der Waals surface area (Å²) in [6, 6.07) is 4.21. The van der Waals surface area contributed by atoms with Crippen molar-refractivity contribution in [2.75, 3.05) is 14.1 Å². The second-order valence-corrected chi connectivity index (χ2v) is 7.20. The van der Waals surface area contributed by atoms with Gasteiger partial charge in [0.1, 0.15) is 18.0 Å². The summed E-state index contributed by atoms with van der Waals surface area (Å²) in [6.07, 6.45) is 1.29. The third-order valence-corrected chi connectivity index (χ3v) is 5.26. The van der Waals surface area contributed by atoms with E-state index in [-0.39, 0.29) is 23.7 Å². The lowest BCUT2D eigenvalue weighted by Crippen LogP contribution is -2.39. The Morgan fingerprint density at radius 1 is 1.27 bits per heavy atom. The summed E-state index contributed by atoms with van der Waals surface area (Å²) in [6.45, 7) is -0.147. The molecule has 120 valence electrons. The highest BCUT2D eigenvalue weighted by Gasteiger charge is 2.26. The molecule has 0 amide bonds. The van der Waals surface area contributed by atoms with Crippen LogP contribution in [0.1, 0.15) is 11.4 Å². The molecule has 0 saturated heterocycles. The lowest BCUT2D eigenvalue weighted by atomic mass is 10.2. The first kappa shape index (κ1) is 16.8. The second kappa shape index (κ2) is 6.69. The zero-order valence-corrected chi connectivity index (χ0v) is 13.6. The molecule has 0 aliphatic rings. The van der Waals surface area contributed by atoms with E-state index in [1.54, 1.807) is 0 Å². The van der Waals surface area contributed by atoms with Gasteiger partial charge in [-0.05, 0) is 12.1 Å². The van der Waals surface area contributed by atoms with Gasteiger partial charge in [-0.25, -0.2) is 9.37 Å². The van der Waals surface area contributed by atoms with Gasteiger partial charge >= 0.3 is 0 Å². The summed E-state index contributed by atoms with van der Waals surface area (Å²) in [5.74, 6) is -0.143. The first-order chi connectivity index (χ1) is 10.3. The number of hydrogen-bond acceptors (Lipinski definition) is 4. The minimum atomic E-state index is -3.79. The van der Waals surface area contributed by atoms with Crippen LogP contribution in [0.3, 0.4) is 0 Å². The van der Waals surface area contributed by atoms with E-state index in [0.717, 1.165) is 8.61 Å². The molecule has 0 radical (unpaired) electrons. The van der Waals surface area contributed by atoms with Crippen molar-refractivity contribution in [1.82, 2.24) is 23.8 Å². The van der Waals surface area contributed by atoms with Gasteiger partial charge in [0.25, 0.3) is 10.2 Å². The molecule has 0 saturated carbocycles. The third kappa shape index (κ3) is 3.61. The third-order valence-electron chi connectivity index (χ3n) is 3.07. The Hall–Kier alpha value is -1.55. The van der Waals surface area contributed by atoms with Gasteiger partial charge in [-0.3, -0.25) is 5.10 Å². The Labute approximate surface area is 132 Å². The molecule has 0 aliphatic carbocycles. The fourth-order valence-corrected chi connectivity index (χ4v) is 3.10. The Morgan fingerprint density at radius 2 is 1.95 bits per heavy atom. The monoisotopic (exact) mass is 347 g/mol. The van der Waals surface area contributed by atoms with Crippen molar-refractivity contribution in [2.24, 2.45) is 0 Å². The van der Waals surface area contributed by atoms with Crippen molar-refractivity contribution >= 4 is 21.8 Å². The Bertz CT molecular complexity index is 718. The lowest BCUT2D eigenvalue weighted by Gasteiger charge is -2.24. The van der Waals surface area contributed by atoms with Gasteiger partial charge in [0.2, 0.25) is 0 Å². The number of nitrogens with zero attached hydrogens (tertiary/aromatic N) is 4. The molecule has 1 aromatic heterocycles. The number of nitrogens with one attached hydrogen (secondary N) is 1. The molecule has 10 heteroatoms. The van der Waals surface area contributed by atoms with Crippen LogP contribution in [0, 0.1) is 5.82 Å². The van der Waals surface area contributed by atoms with E-state index in [1.807, 2.05) is 0 Å². The molecule has 0 unspecified atom stereocenters. The highest BCUT2D eigenvalue weighted by atomic mass is 35.5. The van der Waals surface area contributed by atoms with E-state index < -0.39 is 16.0 Å². The fourth-order valence-electron chi connectivity index (χ4n) is 1.83. The highest BCUT2D eigenvalue weighted by Crippen LogP contribution is 2.22. The average molecular weight is 348 g/mol. The van der Waals surface area contributed by atoms with Crippen LogP contribution in [0.15, 0.2) is 24.5 Å². The van der Waals surface area contributed by atoms with Gasteiger partial charge in [-0.1, -0.05) is 17.7 Å². The van der Waals surface area contributed by atoms with Gasteiger partial charge in [0.15, 0.2) is 0 Å². The molecular formula is C12H15ClFN5O2S. The van der Waals surface area contributed by atoms with Crippen LogP contribution in [0.25, 0.3) is 0 Å². The molecule has 0 atom stereocenters. The minimum Gasteiger partial charge on any atom is -0.262 e. The van der Waals surface area contributed by atoms with Gasteiger partial charge in [-0.2, -0.15) is 22.1 Å². The van der Waals surface area contributed by atoms with E-state index in [1.165, 1.54) is 38.6 Å².